The van der Waals surface area contributed by atoms with Crippen LogP contribution in [0.2, 0.25) is 0 Å². The van der Waals surface area contributed by atoms with Crippen LogP contribution in [0.25, 0.3) is 98.7 Å². The third kappa shape index (κ3) is 33.6. The van der Waals surface area contributed by atoms with E-state index in [-0.39, 0.29) is 22.4 Å². The molecule has 4 aliphatic heterocycles. The topological polar surface area (TPSA) is 303 Å². The van der Waals surface area contributed by atoms with Gasteiger partial charge in [-0.3, -0.25) is 23.9 Å². The van der Waals surface area contributed by atoms with Crippen LogP contribution < -0.4 is 51.0 Å². The maximum Gasteiger partial charge on any atom is 0.328 e. The third-order valence-electron chi connectivity index (χ3n) is 26.6. The minimum absolute atomic E-state index is 0.238. The predicted octanol–water partition coefficient (Wildman–Crippen LogP) is 29.0. The number of aromatic nitrogens is 11. The Morgan fingerprint density at radius 3 is 1.14 bits per heavy atom. The predicted molar refractivity (Wildman–Crippen MR) is 568 cm³/mol. The molecule has 0 bridgehead atoms. The summed E-state index contributed by atoms with van der Waals surface area (Å²) in [6.07, 6.45) is 72.1. The van der Waals surface area contributed by atoms with Crippen molar-refractivity contribution in [1.29, 1.82) is 0 Å². The second-order valence-electron chi connectivity index (χ2n) is 37.4. The largest absolute Gasteiger partial charge is 0.384 e. The summed E-state index contributed by atoms with van der Waals surface area (Å²) in [5, 5.41) is 8.16. The quantitative estimate of drug-likeness (QED) is 0.0117. The van der Waals surface area contributed by atoms with Crippen LogP contribution in [-0.2, 0) is 32.7 Å². The molecular weight excluding hydrogens is 1650 g/mol. The zero-order chi connectivity index (χ0) is 94.0. The van der Waals surface area contributed by atoms with Crippen molar-refractivity contribution in [3.63, 3.8) is 0 Å². The van der Waals surface area contributed by atoms with Crippen LogP contribution in [0.1, 0.15) is 356 Å². The van der Waals surface area contributed by atoms with Crippen LogP contribution in [0.15, 0.2) is 177 Å². The molecule has 4 aliphatic rings. The third-order valence-corrected chi connectivity index (χ3v) is 26.6. The Hall–Kier alpha value is -10.9. The summed E-state index contributed by atoms with van der Waals surface area (Å²) in [4.78, 5) is 72.5. The first-order chi connectivity index (χ1) is 65.1. The molecule has 0 unspecified atom stereocenters. The number of nitrogen functional groups attached to an aromatic ring is 5. The van der Waals surface area contributed by atoms with E-state index >= 15 is 0 Å². The van der Waals surface area contributed by atoms with Gasteiger partial charge < -0.3 is 46.9 Å². The molecule has 0 amide bonds. The lowest BCUT2D eigenvalue weighted by Crippen LogP contribution is -2.30. The molecule has 0 saturated carbocycles. The maximum absolute atomic E-state index is 12.6. The fourth-order valence-electron chi connectivity index (χ4n) is 19.0. The first-order valence-electron chi connectivity index (χ1n) is 52.2. The van der Waals surface area contributed by atoms with Crippen molar-refractivity contribution in [2.45, 2.75) is 388 Å². The minimum Gasteiger partial charge on any atom is -0.384 e. The number of anilines is 5. The smallest absolute Gasteiger partial charge is 0.328 e. The highest BCUT2D eigenvalue weighted by molar-refractivity contribution is 6.05. The number of benzene rings is 5. The van der Waals surface area contributed by atoms with Gasteiger partial charge in [-0.2, -0.15) is 9.97 Å². The van der Waals surface area contributed by atoms with E-state index in [0.29, 0.717) is 52.3 Å². The average molecular weight is 1810 g/mol. The molecule has 0 atom stereocenters. The summed E-state index contributed by atoms with van der Waals surface area (Å²) >= 11 is 0. The molecule has 10 aromatic rings. The second-order valence-corrected chi connectivity index (χ2v) is 37.4. The molecule has 5 aromatic carbocycles. The van der Waals surface area contributed by atoms with Gasteiger partial charge in [-0.25, -0.2) is 19.7 Å². The Labute approximate surface area is 792 Å². The zero-order valence-electron chi connectivity index (χ0n) is 81.9. The highest BCUT2D eigenvalue weighted by Gasteiger charge is 2.20. The van der Waals surface area contributed by atoms with E-state index in [4.69, 9.17) is 28.7 Å². The first kappa shape index (κ1) is 104. The number of aryl methyl sites for hydroxylation is 5. The Kier molecular flexibility index (Phi) is 46.2. The lowest BCUT2D eigenvalue weighted by atomic mass is 10.0. The summed E-state index contributed by atoms with van der Waals surface area (Å²) in [5.74, 6) is 1.97. The van der Waals surface area contributed by atoms with Crippen LogP contribution >= 0.6 is 0 Å². The minimum atomic E-state index is -0.301. The van der Waals surface area contributed by atoms with Gasteiger partial charge in [0.25, 0.3) is 16.7 Å². The van der Waals surface area contributed by atoms with Crippen molar-refractivity contribution in [1.82, 2.24) is 52.7 Å². The van der Waals surface area contributed by atoms with Gasteiger partial charge in [0, 0.05) is 85.1 Å². The van der Waals surface area contributed by atoms with Crippen LogP contribution in [0.5, 0.6) is 0 Å². The molecule has 0 fully saturated rings. The number of nitrogens with two attached hydrogens (primary N) is 5. The van der Waals surface area contributed by atoms with Crippen molar-refractivity contribution in [3.8, 4) is 22.5 Å². The van der Waals surface area contributed by atoms with Crippen molar-refractivity contribution in [3.05, 3.63) is 200 Å². The number of unbranched alkanes of at least 4 members (excludes halogenated alkanes) is 45. The summed E-state index contributed by atoms with van der Waals surface area (Å²) in [7, 11) is 0. The number of hydrogen-bond acceptors (Lipinski definition) is 14. The fraction of sp³-hybridized carbons (Fsp3) is 0.531. The number of nitrogens with zero attached hydrogens (tertiary/aromatic N) is 10. The van der Waals surface area contributed by atoms with Crippen molar-refractivity contribution in [2.75, 3.05) is 28.7 Å². The molecule has 14 rings (SSSR count). The van der Waals surface area contributed by atoms with Gasteiger partial charge in [0.05, 0.1) is 56.2 Å². The highest BCUT2D eigenvalue weighted by Crippen LogP contribution is 2.34. The normalized spacial score (nSPS) is 11.5. The Balaban J connectivity index is 0.000000173. The number of H-pyrrole nitrogens is 1. The number of fused-ring (bicyclic) bond motifs is 10. The summed E-state index contributed by atoms with van der Waals surface area (Å²) < 4.78 is 10.8. The monoisotopic (exact) mass is 1810 g/mol. The van der Waals surface area contributed by atoms with Gasteiger partial charge in [-0.15, -0.1) is 0 Å². The number of aromatic amines is 1. The molecule has 0 saturated heterocycles. The molecule has 20 nitrogen and oxygen atoms in total. The lowest BCUT2D eigenvalue weighted by Gasteiger charge is -2.20. The Morgan fingerprint density at radius 2 is 0.662 bits per heavy atom. The molecule has 0 spiro atoms. The van der Waals surface area contributed by atoms with Crippen LogP contribution in [0.3, 0.4) is 0 Å². The van der Waals surface area contributed by atoms with Gasteiger partial charge in [0.15, 0.2) is 0 Å². The molecule has 5 aromatic heterocycles. The molecule has 9 heterocycles. The van der Waals surface area contributed by atoms with E-state index in [9.17, 15) is 19.2 Å². The van der Waals surface area contributed by atoms with Crippen LogP contribution in [-0.4, -0.2) is 52.7 Å². The Bertz CT molecular complexity index is 5920. The summed E-state index contributed by atoms with van der Waals surface area (Å²) in [6, 6.07) is 46.3. The van der Waals surface area contributed by atoms with Crippen molar-refractivity contribution < 1.29 is 0 Å². The van der Waals surface area contributed by atoms with Gasteiger partial charge in [0.2, 0.25) is 5.95 Å². The Morgan fingerprint density at radius 1 is 0.286 bits per heavy atom. The van der Waals surface area contributed by atoms with Crippen molar-refractivity contribution in [2.24, 2.45) is 0 Å². The highest BCUT2D eigenvalue weighted by atomic mass is 16.2. The van der Waals surface area contributed by atoms with E-state index in [1.54, 1.807) is 4.57 Å². The molecule has 133 heavy (non-hydrogen) atoms. The molecule has 718 valence electrons. The van der Waals surface area contributed by atoms with Crippen LogP contribution in [0, 0.1) is 0 Å². The van der Waals surface area contributed by atoms with Crippen molar-refractivity contribution >= 4 is 105 Å². The van der Waals surface area contributed by atoms with Gasteiger partial charge in [-0.05, 0) is 108 Å². The number of nitrogens with one attached hydrogen (secondary N) is 1. The van der Waals surface area contributed by atoms with E-state index in [1.807, 2.05) is 103 Å². The number of para-hydroxylation sites is 1. The van der Waals surface area contributed by atoms with Gasteiger partial charge in [0.1, 0.15) is 23.3 Å². The fourth-order valence-corrected chi connectivity index (χ4v) is 19.0. The molecule has 20 heteroatoms. The summed E-state index contributed by atoms with van der Waals surface area (Å²) in [6.45, 7) is 15.8. The van der Waals surface area contributed by atoms with E-state index in [2.05, 4.69) is 138 Å². The molecular formula is C113H162N16O4. The SMILES string of the molecule is CCCCCCCCCCCCn1c(=O)[nH]c(=O)c2ccc3ccccc3c21.CCCCCCCCCCCCn1c2cc(N)nc(=O)c-2cc2cc3ccccc3cc21.CCCCCCCCCCCCn1c2cc(N)nc(=O)c-2cc2ccccc21.CCCCCCCCCCCCn1ccc2c(N)nc(N)cc21.CCCCCCCCCCCCn1ccc2nc(N)ncc21. The number of rotatable bonds is 55. The molecule has 0 radical (unpaired) electrons. The zero-order valence-corrected chi connectivity index (χ0v) is 81.9. The van der Waals surface area contributed by atoms with Gasteiger partial charge >= 0.3 is 5.69 Å². The average Bonchev–Trinajstić information content (AvgIpc) is 1.25. The molecule has 0 aliphatic carbocycles. The maximum atomic E-state index is 12.6. The van der Waals surface area contributed by atoms with E-state index in [0.717, 1.165) is 123 Å². The number of hydrogen-bond donors (Lipinski definition) is 6. The first-order valence-corrected chi connectivity index (χ1v) is 52.2. The lowest BCUT2D eigenvalue weighted by molar-refractivity contribution is 0.532. The van der Waals surface area contributed by atoms with E-state index in [1.165, 1.54) is 306 Å². The van der Waals surface area contributed by atoms with Crippen LogP contribution in [0.4, 0.5) is 29.2 Å². The number of pyridine rings is 5. The molecule has 11 N–H and O–H groups in total. The second kappa shape index (κ2) is 59.0. The summed E-state index contributed by atoms with van der Waals surface area (Å²) in [5.41, 5.74) is 37.4. The van der Waals surface area contributed by atoms with E-state index < -0.39 is 0 Å². The van der Waals surface area contributed by atoms with Gasteiger partial charge in [-0.1, -0.05) is 396 Å². The standard InChI is InChI=1S/C28H35N3O.C24H33N3O.C24H32N2O2.C19H32N4.C18H30N4/c1-2-3-4-5-6-7-8-9-10-13-16-31-25-19-22-15-12-11-14-21(22)17-23(25)18-24-26(31)20-27(29)30-28(24)32;1-2-3-4-5-6-7-8-9-10-13-16-27-21-15-12-11-14-19(21)17-20-22(27)18-23(25)26-24(20)28;1-2-3-4-5-6-7-8-9-10-13-18-26-22-20-15-12-11-14-19(20)16-17-21(22)23(27)25-24(26)28;1-2-3-4-5-6-7-8-9-10-11-13-23-14-12-16-17(23)15-18(20)22-19(16)21;1-2-3-4-5-6-7-8-9-10-11-13-22-14-12-16-17(22)15-20-18(19)21-16/h11-12,14-15,17-20H,2-10,13,16H2,1H3,(H2,29,30,32);11-12,14-15,17-18H,2-10,13,16H2,1H3,(H2,25,26,28);11-12,14-17H,2-10,13,18H2,1H3,(H,25,27,28);12,14-15H,2-11,13H2,1H3,(H4,20,21,22);12,14-15H,2-11,13H2,1H3,(H2,19,20,21).